The van der Waals surface area contributed by atoms with E-state index < -0.39 is 33.6 Å². The minimum atomic E-state index is -4.08. The van der Waals surface area contributed by atoms with Crippen LogP contribution in [0.25, 0.3) is 0 Å². The van der Waals surface area contributed by atoms with E-state index in [0.717, 1.165) is 31.2 Å². The molecule has 0 aliphatic heterocycles. The number of ether oxygens (including phenoxy) is 2. The van der Waals surface area contributed by atoms with Crippen molar-refractivity contribution in [2.75, 3.05) is 13.7 Å². The van der Waals surface area contributed by atoms with Gasteiger partial charge in [0.15, 0.2) is 5.78 Å². The summed E-state index contributed by atoms with van der Waals surface area (Å²) in [6.07, 6.45) is 7.52. The third kappa shape index (κ3) is 6.26. The van der Waals surface area contributed by atoms with Crippen molar-refractivity contribution in [3.63, 3.8) is 0 Å². The maximum absolute atomic E-state index is 13.9. The van der Waals surface area contributed by atoms with Crippen molar-refractivity contribution in [3.05, 3.63) is 65.0 Å². The quantitative estimate of drug-likeness (QED) is 0.161. The van der Waals surface area contributed by atoms with Crippen molar-refractivity contribution in [1.82, 2.24) is 3.97 Å². The van der Waals surface area contributed by atoms with E-state index >= 15 is 0 Å². The number of esters is 2. The lowest BCUT2D eigenvalue weighted by Crippen LogP contribution is -2.30. The fourth-order valence-corrected chi connectivity index (χ4v) is 6.62. The molecule has 1 aromatic heterocycles. The number of fused-ring (bicyclic) bond motifs is 1. The van der Waals surface area contributed by atoms with Gasteiger partial charge in [0.1, 0.15) is 18.2 Å². The van der Waals surface area contributed by atoms with Gasteiger partial charge in [-0.15, -0.1) is 0 Å². The van der Waals surface area contributed by atoms with Crippen LogP contribution in [0, 0.1) is 18.8 Å². The molecule has 9 heteroatoms. The van der Waals surface area contributed by atoms with E-state index in [9.17, 15) is 22.8 Å². The molecular formula is C29H37NO7S. The number of hydrogen-bond acceptors (Lipinski definition) is 7. The van der Waals surface area contributed by atoms with Gasteiger partial charge in [-0.05, 0) is 62.3 Å². The molecule has 1 heterocycles. The van der Waals surface area contributed by atoms with Gasteiger partial charge in [0.2, 0.25) is 0 Å². The Balaban J connectivity index is 1.91. The summed E-state index contributed by atoms with van der Waals surface area (Å²) in [7, 11) is -2.84. The Bertz CT molecular complexity index is 1300. The third-order valence-corrected chi connectivity index (χ3v) is 8.65. The van der Waals surface area contributed by atoms with Crippen LogP contribution < -0.4 is 0 Å². The first-order valence-corrected chi connectivity index (χ1v) is 14.4. The van der Waals surface area contributed by atoms with Gasteiger partial charge in [-0.2, -0.15) is 0 Å². The molecule has 0 N–H and O–H groups in total. The van der Waals surface area contributed by atoms with Gasteiger partial charge in [0, 0.05) is 18.5 Å². The summed E-state index contributed by atoms with van der Waals surface area (Å²) in [6, 6.07) is 8.33. The normalized spacial score (nSPS) is 17.3. The maximum atomic E-state index is 13.9. The molecule has 0 saturated carbocycles. The van der Waals surface area contributed by atoms with Crippen molar-refractivity contribution >= 4 is 27.7 Å². The molecule has 0 radical (unpaired) electrons. The van der Waals surface area contributed by atoms with Crippen molar-refractivity contribution in [2.45, 2.75) is 70.6 Å². The number of Topliss-reactive ketones (excluding diaryl/α,β-unsaturated/α-hetero) is 1. The largest absolute Gasteiger partial charge is 0.468 e. The van der Waals surface area contributed by atoms with Crippen LogP contribution in [0.3, 0.4) is 0 Å². The number of unbranched alkanes of at least 4 members (excludes halogenated alkanes) is 3. The van der Waals surface area contributed by atoms with Gasteiger partial charge in [-0.3, -0.25) is 14.4 Å². The minimum absolute atomic E-state index is 0.0723. The zero-order chi connectivity index (χ0) is 28.0. The highest BCUT2D eigenvalue weighted by Crippen LogP contribution is 2.46. The Hall–Kier alpha value is -3.20. The molecule has 0 unspecified atom stereocenters. The lowest BCUT2D eigenvalue weighted by molar-refractivity contribution is -0.144. The Morgan fingerprint density at radius 3 is 2.37 bits per heavy atom. The topological polar surface area (TPSA) is 109 Å². The summed E-state index contributed by atoms with van der Waals surface area (Å²) >= 11 is 0. The number of carbonyl (C=O) groups is 3. The zero-order valence-corrected chi connectivity index (χ0v) is 23.5. The first-order valence-electron chi connectivity index (χ1n) is 13.0. The number of nitrogens with zero attached hydrogens (tertiary/aromatic N) is 1. The molecule has 38 heavy (non-hydrogen) atoms. The summed E-state index contributed by atoms with van der Waals surface area (Å²) in [4.78, 5) is 37.1. The molecule has 2 aromatic rings. The molecule has 2 atom stereocenters. The maximum Gasteiger partial charge on any atom is 0.317 e. The Morgan fingerprint density at radius 2 is 1.76 bits per heavy atom. The smallest absolute Gasteiger partial charge is 0.317 e. The van der Waals surface area contributed by atoms with Crippen LogP contribution in [-0.2, 0) is 35.5 Å². The van der Waals surface area contributed by atoms with Crippen LogP contribution in [0.2, 0.25) is 0 Å². The lowest BCUT2D eigenvalue weighted by Gasteiger charge is -2.21. The Labute approximate surface area is 225 Å². The first kappa shape index (κ1) is 29.4. The number of carbonyl (C=O) groups excluding carboxylic acids is 3. The average Bonchev–Trinajstić information content (AvgIpc) is 3.37. The van der Waals surface area contributed by atoms with Crippen LogP contribution >= 0.6 is 0 Å². The van der Waals surface area contributed by atoms with Crippen molar-refractivity contribution in [1.29, 1.82) is 0 Å². The van der Waals surface area contributed by atoms with Gasteiger partial charge >= 0.3 is 11.9 Å². The van der Waals surface area contributed by atoms with Crippen molar-refractivity contribution < 1.29 is 32.3 Å². The molecular weight excluding hydrogens is 506 g/mol. The highest BCUT2D eigenvalue weighted by molar-refractivity contribution is 7.90. The van der Waals surface area contributed by atoms with Gasteiger partial charge in [-0.25, -0.2) is 12.4 Å². The van der Waals surface area contributed by atoms with E-state index in [1.165, 1.54) is 18.0 Å². The summed E-state index contributed by atoms with van der Waals surface area (Å²) in [5, 5.41) is 0. The van der Waals surface area contributed by atoms with E-state index in [-0.39, 0.29) is 29.1 Å². The predicted molar refractivity (Wildman–Crippen MR) is 144 cm³/mol. The second-order valence-electron chi connectivity index (χ2n) is 10.0. The molecule has 1 aromatic carbocycles. The monoisotopic (exact) mass is 543 g/mol. The summed E-state index contributed by atoms with van der Waals surface area (Å²) < 4.78 is 38.7. The molecule has 3 rings (SSSR count). The third-order valence-electron chi connectivity index (χ3n) is 6.88. The number of benzene rings is 1. The standard InChI is InChI=1S/C29H37NO7S/c1-19(2)25-24-18-22(12-10-8-6-7-9-11-17-37-21(4)31)30(27(24)28(32)26(25)29(33)36-5)38(34,35)23-15-13-20(3)14-16-23/h9,11,13-16,18-19,25-26H,6-8,10,12,17H2,1-5H3/t25-,26+/m0/s1. The molecule has 0 saturated heterocycles. The second kappa shape index (κ2) is 12.6. The number of methoxy groups -OCH3 is 1. The average molecular weight is 544 g/mol. The van der Waals surface area contributed by atoms with Gasteiger partial charge < -0.3 is 9.47 Å². The highest BCUT2D eigenvalue weighted by Gasteiger charge is 2.50. The molecule has 1 aliphatic carbocycles. The number of aromatic nitrogens is 1. The van der Waals surface area contributed by atoms with Crippen molar-refractivity contribution in [2.24, 2.45) is 11.8 Å². The lowest BCUT2D eigenvalue weighted by atomic mass is 9.83. The van der Waals surface area contributed by atoms with Gasteiger partial charge in [0.05, 0.1) is 12.0 Å². The summed E-state index contributed by atoms with van der Waals surface area (Å²) in [6.45, 7) is 7.33. The van der Waals surface area contributed by atoms with E-state index in [1.807, 2.05) is 26.8 Å². The van der Waals surface area contributed by atoms with E-state index in [1.54, 1.807) is 36.4 Å². The highest BCUT2D eigenvalue weighted by atomic mass is 32.2. The van der Waals surface area contributed by atoms with Crippen LogP contribution in [0.1, 0.15) is 79.7 Å². The molecule has 0 fully saturated rings. The molecule has 8 nitrogen and oxygen atoms in total. The first-order chi connectivity index (χ1) is 18.0. The molecule has 0 spiro atoms. The van der Waals surface area contributed by atoms with E-state index in [4.69, 9.17) is 9.47 Å². The van der Waals surface area contributed by atoms with E-state index in [2.05, 4.69) is 0 Å². The molecule has 1 aliphatic rings. The number of hydrogen-bond donors (Lipinski definition) is 0. The number of aryl methyl sites for hydroxylation is 2. The SMILES string of the molecule is COC(=O)[C@H]1C(=O)c2c(cc(CCCCCC=CCOC(C)=O)n2S(=O)(=O)c2ccc(C)cc2)[C@@H]1C(C)C. The fourth-order valence-electron chi connectivity index (χ4n) is 5.04. The van der Waals surface area contributed by atoms with Crippen LogP contribution in [-0.4, -0.2) is 43.8 Å². The fraction of sp³-hybridized carbons (Fsp3) is 0.483. The number of ketones is 1. The van der Waals surface area contributed by atoms with E-state index in [0.29, 0.717) is 17.7 Å². The van der Waals surface area contributed by atoms with Gasteiger partial charge in [-0.1, -0.05) is 50.1 Å². The minimum Gasteiger partial charge on any atom is -0.468 e. The number of allylic oxidation sites excluding steroid dienone is 1. The molecule has 0 bridgehead atoms. The molecule has 0 amide bonds. The molecule has 206 valence electrons. The number of rotatable bonds is 12. The van der Waals surface area contributed by atoms with Crippen LogP contribution in [0.5, 0.6) is 0 Å². The van der Waals surface area contributed by atoms with Crippen LogP contribution in [0.4, 0.5) is 0 Å². The zero-order valence-electron chi connectivity index (χ0n) is 22.7. The van der Waals surface area contributed by atoms with Gasteiger partial charge in [0.25, 0.3) is 10.0 Å². The van der Waals surface area contributed by atoms with Crippen molar-refractivity contribution in [3.8, 4) is 0 Å². The summed E-state index contributed by atoms with van der Waals surface area (Å²) in [5.41, 5.74) is 2.14. The van der Waals surface area contributed by atoms with Crippen LogP contribution in [0.15, 0.2) is 47.4 Å². The second-order valence-corrected chi connectivity index (χ2v) is 11.8. The Kier molecular flexibility index (Phi) is 9.71. The Morgan fingerprint density at radius 1 is 1.08 bits per heavy atom. The summed E-state index contributed by atoms with van der Waals surface area (Å²) in [5.74, 6) is -3.06. The predicted octanol–water partition coefficient (Wildman–Crippen LogP) is 4.98.